The van der Waals surface area contributed by atoms with E-state index >= 15 is 0 Å². The van der Waals surface area contributed by atoms with E-state index in [9.17, 15) is 17.6 Å². The lowest BCUT2D eigenvalue weighted by atomic mass is 10.1. The zero-order valence-electron chi connectivity index (χ0n) is 10.3. The van der Waals surface area contributed by atoms with E-state index in [1.807, 2.05) is 0 Å². The van der Waals surface area contributed by atoms with Crippen molar-refractivity contribution in [3.63, 3.8) is 0 Å². The fourth-order valence-electron chi connectivity index (χ4n) is 2.21. The molecule has 0 bridgehead atoms. The zero-order chi connectivity index (χ0) is 14.5. The van der Waals surface area contributed by atoms with E-state index in [0.29, 0.717) is 16.5 Å². The molecule has 0 radical (unpaired) electrons. The van der Waals surface area contributed by atoms with Gasteiger partial charge in [-0.3, -0.25) is 0 Å². The number of ether oxygens (including phenoxy) is 1. The molecule has 3 nitrogen and oxygen atoms in total. The van der Waals surface area contributed by atoms with Crippen LogP contribution in [0.5, 0.6) is 0 Å². The summed E-state index contributed by atoms with van der Waals surface area (Å²) in [6.07, 6.45) is -3.82. The van der Waals surface area contributed by atoms with Crippen molar-refractivity contribution >= 4 is 16.7 Å². The Morgan fingerprint density at radius 3 is 2.70 bits per heavy atom. The molecule has 1 aliphatic rings. The lowest BCUT2D eigenvalue weighted by Crippen LogP contribution is -2.37. The Bertz CT molecular complexity index is 702. The van der Waals surface area contributed by atoms with Crippen LogP contribution in [-0.2, 0) is 11.8 Å². The maximum atomic E-state index is 13.3. The van der Waals surface area contributed by atoms with Gasteiger partial charge in [0.15, 0.2) is 0 Å². The first-order chi connectivity index (χ1) is 9.36. The Labute approximate surface area is 111 Å². The van der Waals surface area contributed by atoms with Crippen LogP contribution >= 0.6 is 0 Å². The summed E-state index contributed by atoms with van der Waals surface area (Å²) in [6, 6.07) is 4.14. The Kier molecular flexibility index (Phi) is 2.67. The number of nitrogens with zero attached hydrogens (tertiary/aromatic N) is 1. The van der Waals surface area contributed by atoms with Gasteiger partial charge in [0, 0.05) is 35.9 Å². The molecule has 0 saturated heterocycles. The highest BCUT2D eigenvalue weighted by molar-refractivity contribution is 5.92. The monoisotopic (exact) mass is 286 g/mol. The molecule has 1 aromatic carbocycles. The van der Waals surface area contributed by atoms with Crippen molar-refractivity contribution in [1.82, 2.24) is 9.88 Å². The van der Waals surface area contributed by atoms with Crippen LogP contribution in [0.1, 0.15) is 5.56 Å². The molecule has 7 heteroatoms. The Morgan fingerprint density at radius 2 is 2.05 bits per heavy atom. The van der Waals surface area contributed by atoms with Crippen molar-refractivity contribution < 1.29 is 22.3 Å². The van der Waals surface area contributed by atoms with Gasteiger partial charge in [-0.1, -0.05) is 0 Å². The van der Waals surface area contributed by atoms with Gasteiger partial charge in [0.25, 0.3) is 6.23 Å². The summed E-state index contributed by atoms with van der Waals surface area (Å²) >= 11 is 0. The number of nitrogens with one attached hydrogen (secondary N) is 1. The van der Waals surface area contributed by atoms with Gasteiger partial charge in [0.2, 0.25) is 0 Å². The SMILES string of the molecule is Cn1cc(C2=CNC(C(F)(F)F)O2)c2cc(F)ccc21. The number of hydrogen-bond acceptors (Lipinski definition) is 2. The number of aromatic nitrogens is 1. The van der Waals surface area contributed by atoms with E-state index in [2.05, 4.69) is 5.32 Å². The van der Waals surface area contributed by atoms with E-state index < -0.39 is 18.2 Å². The number of rotatable bonds is 1. The minimum Gasteiger partial charge on any atom is -0.459 e. The van der Waals surface area contributed by atoms with Crippen molar-refractivity contribution in [2.75, 3.05) is 0 Å². The molecule has 20 heavy (non-hydrogen) atoms. The van der Waals surface area contributed by atoms with Gasteiger partial charge >= 0.3 is 6.18 Å². The average Bonchev–Trinajstić information content (AvgIpc) is 2.94. The predicted molar refractivity (Wildman–Crippen MR) is 64.9 cm³/mol. The highest BCUT2D eigenvalue weighted by atomic mass is 19.4. The molecule has 1 unspecified atom stereocenters. The summed E-state index contributed by atoms with van der Waals surface area (Å²) in [5, 5.41) is 2.62. The molecule has 2 heterocycles. The van der Waals surface area contributed by atoms with Gasteiger partial charge in [-0.2, -0.15) is 13.2 Å². The van der Waals surface area contributed by atoms with E-state index in [4.69, 9.17) is 4.74 Å². The van der Waals surface area contributed by atoms with Crippen LogP contribution in [-0.4, -0.2) is 17.0 Å². The highest BCUT2D eigenvalue weighted by Crippen LogP contribution is 2.34. The van der Waals surface area contributed by atoms with E-state index in [-0.39, 0.29) is 5.76 Å². The van der Waals surface area contributed by atoms with Crippen LogP contribution in [0.15, 0.2) is 30.6 Å². The standard InChI is InChI=1S/C13H10F4N2O/c1-19-6-9(8-4-7(14)2-3-10(8)19)11-5-18-12(20-11)13(15,16)17/h2-6,12,18H,1H3. The van der Waals surface area contributed by atoms with E-state index in [0.717, 1.165) is 6.20 Å². The molecule has 1 aromatic heterocycles. The van der Waals surface area contributed by atoms with Gasteiger partial charge in [-0.15, -0.1) is 0 Å². The number of aryl methyl sites for hydroxylation is 1. The Morgan fingerprint density at radius 1 is 1.30 bits per heavy atom. The number of hydrogen-bond donors (Lipinski definition) is 1. The number of alkyl halides is 3. The second kappa shape index (κ2) is 4.16. The van der Waals surface area contributed by atoms with Crippen LogP contribution < -0.4 is 5.32 Å². The summed E-state index contributed by atoms with van der Waals surface area (Å²) in [7, 11) is 1.73. The Balaban J connectivity index is 2.02. The smallest absolute Gasteiger partial charge is 0.445 e. The number of benzene rings is 1. The topological polar surface area (TPSA) is 26.2 Å². The summed E-state index contributed by atoms with van der Waals surface area (Å²) in [4.78, 5) is 0. The van der Waals surface area contributed by atoms with Gasteiger partial charge in [-0.05, 0) is 18.2 Å². The fraction of sp³-hybridized carbons (Fsp3) is 0.231. The maximum absolute atomic E-state index is 13.3. The summed E-state index contributed by atoms with van der Waals surface area (Å²) in [6.45, 7) is 0. The van der Waals surface area contributed by atoms with Gasteiger partial charge < -0.3 is 14.6 Å². The van der Waals surface area contributed by atoms with Gasteiger partial charge in [0.05, 0.1) is 0 Å². The minimum absolute atomic E-state index is 0.0449. The third-order valence-corrected chi connectivity index (χ3v) is 3.12. The first-order valence-corrected chi connectivity index (χ1v) is 5.81. The molecule has 1 N–H and O–H groups in total. The predicted octanol–water partition coefficient (Wildman–Crippen LogP) is 3.12. The third-order valence-electron chi connectivity index (χ3n) is 3.12. The molecule has 1 aliphatic heterocycles. The van der Waals surface area contributed by atoms with Crippen molar-refractivity contribution in [3.05, 3.63) is 42.0 Å². The van der Waals surface area contributed by atoms with Gasteiger partial charge in [-0.25, -0.2) is 4.39 Å². The average molecular weight is 286 g/mol. The molecule has 106 valence electrons. The van der Waals surface area contributed by atoms with Crippen LogP contribution in [0.25, 0.3) is 16.7 Å². The van der Waals surface area contributed by atoms with Crippen molar-refractivity contribution in [1.29, 1.82) is 0 Å². The second-order valence-corrected chi connectivity index (χ2v) is 4.53. The molecule has 3 rings (SSSR count). The first kappa shape index (κ1) is 12.8. The van der Waals surface area contributed by atoms with Crippen molar-refractivity contribution in [2.24, 2.45) is 7.05 Å². The summed E-state index contributed by atoms with van der Waals surface area (Å²) in [5.41, 5.74) is 1.13. The van der Waals surface area contributed by atoms with Crippen molar-refractivity contribution in [3.8, 4) is 0 Å². The van der Waals surface area contributed by atoms with E-state index in [1.165, 1.54) is 12.1 Å². The third kappa shape index (κ3) is 1.99. The largest absolute Gasteiger partial charge is 0.459 e. The summed E-state index contributed by atoms with van der Waals surface area (Å²) in [5.74, 6) is -0.410. The molecule has 0 amide bonds. The molecule has 0 fully saturated rings. The van der Waals surface area contributed by atoms with Gasteiger partial charge in [0.1, 0.15) is 11.6 Å². The normalized spacial score (nSPS) is 18.9. The van der Waals surface area contributed by atoms with Crippen LogP contribution in [0.3, 0.4) is 0 Å². The quantitative estimate of drug-likeness (QED) is 0.815. The zero-order valence-corrected chi connectivity index (χ0v) is 10.3. The molecular formula is C13H10F4N2O. The Hall–Kier alpha value is -2.18. The summed E-state index contributed by atoms with van der Waals surface area (Å²) < 4.78 is 57.5. The van der Waals surface area contributed by atoms with Crippen LogP contribution in [0, 0.1) is 5.82 Å². The molecule has 1 atom stereocenters. The highest BCUT2D eigenvalue weighted by Gasteiger charge is 2.44. The van der Waals surface area contributed by atoms with Crippen LogP contribution in [0.4, 0.5) is 17.6 Å². The second-order valence-electron chi connectivity index (χ2n) is 4.53. The minimum atomic E-state index is -4.51. The molecular weight excluding hydrogens is 276 g/mol. The lowest BCUT2D eigenvalue weighted by Gasteiger charge is -2.15. The number of halogens is 4. The molecule has 0 saturated carbocycles. The molecule has 0 aliphatic carbocycles. The van der Waals surface area contributed by atoms with Crippen molar-refractivity contribution in [2.45, 2.75) is 12.4 Å². The van der Waals surface area contributed by atoms with Crippen LogP contribution in [0.2, 0.25) is 0 Å². The fourth-order valence-corrected chi connectivity index (χ4v) is 2.21. The first-order valence-electron chi connectivity index (χ1n) is 5.81. The maximum Gasteiger partial charge on any atom is 0.445 e. The van der Waals surface area contributed by atoms with E-state index in [1.54, 1.807) is 23.9 Å². The number of fused-ring (bicyclic) bond motifs is 1. The lowest BCUT2D eigenvalue weighted by molar-refractivity contribution is -0.203. The molecule has 2 aromatic rings. The molecule has 0 spiro atoms.